The topological polar surface area (TPSA) is 33.7 Å². The number of hydrogen-bond acceptors (Lipinski definition) is 4. The van der Waals surface area contributed by atoms with Crippen molar-refractivity contribution in [2.24, 2.45) is 0 Å². The lowest BCUT2D eigenvalue weighted by molar-refractivity contribution is 0.0343. The maximum absolute atomic E-state index is 5.36. The molecule has 1 saturated heterocycles. The lowest BCUT2D eigenvalue weighted by Gasteiger charge is -2.29. The van der Waals surface area contributed by atoms with Crippen molar-refractivity contribution in [2.45, 2.75) is 19.5 Å². The minimum atomic E-state index is 0.476. The molecule has 0 saturated carbocycles. The van der Waals surface area contributed by atoms with E-state index in [2.05, 4.69) is 29.3 Å². The summed E-state index contributed by atoms with van der Waals surface area (Å²) in [6.07, 6.45) is 0. The van der Waals surface area contributed by atoms with Gasteiger partial charge in [-0.2, -0.15) is 0 Å². The van der Waals surface area contributed by atoms with E-state index in [1.807, 2.05) is 12.1 Å². The largest absolute Gasteiger partial charge is 0.497 e. The van der Waals surface area contributed by atoms with Crippen molar-refractivity contribution in [1.29, 1.82) is 0 Å². The molecule has 1 aromatic rings. The number of nitrogens with one attached hydrogen (secondary N) is 1. The average Bonchev–Trinajstić information content (AvgIpc) is 2.46. The third kappa shape index (κ3) is 4.82. The van der Waals surface area contributed by atoms with E-state index in [-0.39, 0.29) is 0 Å². The molecule has 1 aliphatic rings. The van der Waals surface area contributed by atoms with Crippen molar-refractivity contribution < 1.29 is 9.47 Å². The smallest absolute Gasteiger partial charge is 0.119 e. The summed E-state index contributed by atoms with van der Waals surface area (Å²) < 4.78 is 10.6. The fraction of sp³-hybridized carbons (Fsp3) is 0.600. The molecular formula is C15H24N2O2. The summed E-state index contributed by atoms with van der Waals surface area (Å²) in [6.45, 7) is 8.01. The van der Waals surface area contributed by atoms with Gasteiger partial charge >= 0.3 is 0 Å². The van der Waals surface area contributed by atoms with Crippen molar-refractivity contribution in [3.63, 3.8) is 0 Å². The first kappa shape index (κ1) is 14.3. The van der Waals surface area contributed by atoms with Crippen molar-refractivity contribution in [3.8, 4) is 5.75 Å². The van der Waals surface area contributed by atoms with Crippen molar-refractivity contribution in [3.05, 3.63) is 29.8 Å². The van der Waals surface area contributed by atoms with E-state index in [9.17, 15) is 0 Å². The summed E-state index contributed by atoms with van der Waals surface area (Å²) in [4.78, 5) is 2.45. The number of rotatable bonds is 6. The average molecular weight is 264 g/mol. The van der Waals surface area contributed by atoms with Gasteiger partial charge in [0.25, 0.3) is 0 Å². The van der Waals surface area contributed by atoms with Crippen LogP contribution < -0.4 is 10.1 Å². The molecule has 1 unspecified atom stereocenters. The molecule has 1 atom stereocenters. The van der Waals surface area contributed by atoms with E-state index in [1.165, 1.54) is 5.56 Å². The summed E-state index contributed by atoms with van der Waals surface area (Å²) in [6, 6.07) is 8.68. The van der Waals surface area contributed by atoms with Crippen molar-refractivity contribution >= 4 is 0 Å². The molecule has 0 radical (unpaired) electrons. The second-order valence-electron chi connectivity index (χ2n) is 5.05. The second kappa shape index (κ2) is 7.48. The summed E-state index contributed by atoms with van der Waals surface area (Å²) in [7, 11) is 1.70. The summed E-state index contributed by atoms with van der Waals surface area (Å²) in [5, 5.41) is 3.56. The first-order valence-electron chi connectivity index (χ1n) is 6.94. The van der Waals surface area contributed by atoms with Crippen LogP contribution >= 0.6 is 0 Å². The third-order valence-corrected chi connectivity index (χ3v) is 3.42. The molecule has 1 aromatic carbocycles. The fourth-order valence-electron chi connectivity index (χ4n) is 2.31. The molecular weight excluding hydrogens is 240 g/mol. The van der Waals surface area contributed by atoms with Crippen LogP contribution in [-0.4, -0.2) is 50.9 Å². The van der Waals surface area contributed by atoms with Gasteiger partial charge in [0.1, 0.15) is 5.75 Å². The molecule has 0 bridgehead atoms. The molecule has 106 valence electrons. The van der Waals surface area contributed by atoms with Gasteiger partial charge in [0.05, 0.1) is 20.3 Å². The monoisotopic (exact) mass is 264 g/mol. The second-order valence-corrected chi connectivity index (χ2v) is 5.05. The number of benzene rings is 1. The summed E-state index contributed by atoms with van der Waals surface area (Å²) in [5.74, 6) is 0.917. The van der Waals surface area contributed by atoms with Gasteiger partial charge in [-0.25, -0.2) is 0 Å². The van der Waals surface area contributed by atoms with E-state index in [0.717, 1.165) is 45.1 Å². The Morgan fingerprint density at radius 1 is 1.37 bits per heavy atom. The van der Waals surface area contributed by atoms with E-state index < -0.39 is 0 Å². The van der Waals surface area contributed by atoms with E-state index >= 15 is 0 Å². The molecule has 2 rings (SSSR count). The van der Waals surface area contributed by atoms with Gasteiger partial charge in [-0.3, -0.25) is 4.90 Å². The molecule has 0 amide bonds. The molecule has 1 heterocycles. The van der Waals surface area contributed by atoms with Crippen LogP contribution in [0.3, 0.4) is 0 Å². The molecule has 1 fully saturated rings. The Bertz CT molecular complexity index is 378. The van der Waals surface area contributed by atoms with Gasteiger partial charge in [-0.05, 0) is 24.6 Å². The van der Waals surface area contributed by atoms with Crippen LogP contribution in [0.4, 0.5) is 0 Å². The van der Waals surface area contributed by atoms with Crippen LogP contribution in [0.25, 0.3) is 0 Å². The lowest BCUT2D eigenvalue weighted by Crippen LogP contribution is -2.44. The third-order valence-electron chi connectivity index (χ3n) is 3.42. The van der Waals surface area contributed by atoms with Gasteiger partial charge < -0.3 is 14.8 Å². The first-order chi connectivity index (χ1) is 9.28. The highest BCUT2D eigenvalue weighted by molar-refractivity contribution is 5.28. The maximum atomic E-state index is 5.36. The van der Waals surface area contributed by atoms with E-state index in [4.69, 9.17) is 9.47 Å². The van der Waals surface area contributed by atoms with Crippen LogP contribution in [0.15, 0.2) is 24.3 Å². The predicted octanol–water partition coefficient (Wildman–Crippen LogP) is 1.51. The Balaban J connectivity index is 1.74. The molecule has 19 heavy (non-hydrogen) atoms. The standard InChI is InChI=1S/C15H24N2O2/c1-13(12-17-6-8-19-9-7-17)16-11-14-4-3-5-15(10-14)18-2/h3-5,10,13,16H,6-9,11-12H2,1-2H3. The molecule has 0 aromatic heterocycles. The minimum Gasteiger partial charge on any atom is -0.497 e. The molecule has 1 N–H and O–H groups in total. The first-order valence-corrected chi connectivity index (χ1v) is 6.94. The zero-order valence-electron chi connectivity index (χ0n) is 11.9. The quantitative estimate of drug-likeness (QED) is 0.844. The highest BCUT2D eigenvalue weighted by Crippen LogP contribution is 2.12. The number of hydrogen-bond donors (Lipinski definition) is 1. The molecule has 4 heteroatoms. The number of morpholine rings is 1. The zero-order valence-corrected chi connectivity index (χ0v) is 11.9. The highest BCUT2D eigenvalue weighted by Gasteiger charge is 2.13. The number of ether oxygens (including phenoxy) is 2. The Kier molecular flexibility index (Phi) is 5.63. The van der Waals surface area contributed by atoms with Crippen LogP contribution in [-0.2, 0) is 11.3 Å². The minimum absolute atomic E-state index is 0.476. The van der Waals surface area contributed by atoms with Gasteiger partial charge in [-0.1, -0.05) is 12.1 Å². The summed E-state index contributed by atoms with van der Waals surface area (Å²) in [5.41, 5.74) is 1.26. The van der Waals surface area contributed by atoms with Gasteiger partial charge in [0, 0.05) is 32.2 Å². The van der Waals surface area contributed by atoms with E-state index in [0.29, 0.717) is 6.04 Å². The van der Waals surface area contributed by atoms with Crippen LogP contribution in [0.1, 0.15) is 12.5 Å². The Morgan fingerprint density at radius 3 is 2.89 bits per heavy atom. The van der Waals surface area contributed by atoms with Gasteiger partial charge in [0.15, 0.2) is 0 Å². The van der Waals surface area contributed by atoms with Crippen LogP contribution in [0, 0.1) is 0 Å². The SMILES string of the molecule is COc1cccc(CNC(C)CN2CCOCC2)c1. The fourth-order valence-corrected chi connectivity index (χ4v) is 2.31. The molecule has 0 spiro atoms. The van der Waals surface area contributed by atoms with E-state index in [1.54, 1.807) is 7.11 Å². The lowest BCUT2D eigenvalue weighted by atomic mass is 10.2. The number of nitrogens with zero attached hydrogens (tertiary/aromatic N) is 1. The summed E-state index contributed by atoms with van der Waals surface area (Å²) >= 11 is 0. The predicted molar refractivity (Wildman–Crippen MR) is 76.6 cm³/mol. The van der Waals surface area contributed by atoms with Gasteiger partial charge in [-0.15, -0.1) is 0 Å². The molecule has 0 aliphatic carbocycles. The maximum Gasteiger partial charge on any atom is 0.119 e. The number of methoxy groups -OCH3 is 1. The highest BCUT2D eigenvalue weighted by atomic mass is 16.5. The van der Waals surface area contributed by atoms with Crippen LogP contribution in [0.5, 0.6) is 5.75 Å². The molecule has 1 aliphatic heterocycles. The Hall–Kier alpha value is -1.10. The Labute approximate surface area is 115 Å². The van der Waals surface area contributed by atoms with Gasteiger partial charge in [0.2, 0.25) is 0 Å². The zero-order chi connectivity index (χ0) is 13.5. The van der Waals surface area contributed by atoms with Crippen molar-refractivity contribution in [2.75, 3.05) is 40.0 Å². The van der Waals surface area contributed by atoms with Crippen molar-refractivity contribution in [1.82, 2.24) is 10.2 Å². The molecule has 4 nitrogen and oxygen atoms in total. The van der Waals surface area contributed by atoms with Crippen LogP contribution in [0.2, 0.25) is 0 Å². The Morgan fingerprint density at radius 2 is 2.16 bits per heavy atom. The normalized spacial score (nSPS) is 18.2.